The van der Waals surface area contributed by atoms with Gasteiger partial charge in [-0.3, -0.25) is 10.1 Å². The summed E-state index contributed by atoms with van der Waals surface area (Å²) in [6.07, 6.45) is 0.430. The maximum Gasteiger partial charge on any atom is 0.330 e. The summed E-state index contributed by atoms with van der Waals surface area (Å²) in [4.78, 5) is 21.5. The summed E-state index contributed by atoms with van der Waals surface area (Å²) in [5, 5.41) is 2.73. The van der Waals surface area contributed by atoms with Crippen LogP contribution in [0.4, 0.5) is 0 Å². The highest BCUT2D eigenvalue weighted by Gasteiger charge is 2.30. The molecule has 0 aromatic rings. The molecule has 1 rings (SSSR count). The summed E-state index contributed by atoms with van der Waals surface area (Å²) >= 11 is 0. The Morgan fingerprint density at radius 2 is 2.50 bits per heavy atom. The average molecular weight is 143 g/mol. The molecule has 0 aliphatic carbocycles. The van der Waals surface area contributed by atoms with Crippen LogP contribution >= 0.6 is 0 Å². The van der Waals surface area contributed by atoms with Gasteiger partial charge in [0.15, 0.2) is 11.8 Å². The third-order valence-corrected chi connectivity index (χ3v) is 1.48. The molecule has 0 spiro atoms. The largest absolute Gasteiger partial charge is 0.468 e. The Labute approximate surface area is 58.5 Å². The number of ketones is 1. The van der Waals surface area contributed by atoms with Gasteiger partial charge in [-0.05, 0) is 0 Å². The lowest BCUT2D eigenvalue weighted by Gasteiger charge is -2.03. The first-order chi connectivity index (χ1) is 4.75. The van der Waals surface area contributed by atoms with E-state index in [1.807, 2.05) is 0 Å². The van der Waals surface area contributed by atoms with Crippen LogP contribution in [0.3, 0.4) is 0 Å². The van der Waals surface area contributed by atoms with Crippen LogP contribution in [0.1, 0.15) is 6.42 Å². The van der Waals surface area contributed by atoms with Crippen molar-refractivity contribution >= 4 is 11.8 Å². The van der Waals surface area contributed by atoms with E-state index >= 15 is 0 Å². The first kappa shape index (κ1) is 7.21. The molecule has 1 atom stereocenters. The van der Waals surface area contributed by atoms with Gasteiger partial charge in [0.25, 0.3) is 0 Å². The second-order valence-corrected chi connectivity index (χ2v) is 2.13. The van der Waals surface area contributed by atoms with Crippen LogP contribution in [0.2, 0.25) is 0 Å². The Kier molecular flexibility index (Phi) is 2.01. The first-order valence-electron chi connectivity index (χ1n) is 3.09. The minimum Gasteiger partial charge on any atom is -0.468 e. The van der Waals surface area contributed by atoms with Gasteiger partial charge in [0.2, 0.25) is 0 Å². The summed E-state index contributed by atoms with van der Waals surface area (Å²) in [5.41, 5.74) is 0. The van der Waals surface area contributed by atoms with E-state index in [0.717, 1.165) is 0 Å². The Balaban J connectivity index is 2.55. The number of rotatable bonds is 1. The van der Waals surface area contributed by atoms with Gasteiger partial charge >= 0.3 is 5.97 Å². The zero-order valence-electron chi connectivity index (χ0n) is 5.72. The monoisotopic (exact) mass is 143 g/mol. The maximum atomic E-state index is 10.8. The van der Waals surface area contributed by atoms with E-state index in [1.165, 1.54) is 7.11 Å². The second kappa shape index (κ2) is 2.79. The van der Waals surface area contributed by atoms with Gasteiger partial charge in [0, 0.05) is 13.0 Å². The second-order valence-electron chi connectivity index (χ2n) is 2.13. The summed E-state index contributed by atoms with van der Waals surface area (Å²) in [6, 6.07) is -0.704. The molecular formula is C6H9NO3. The van der Waals surface area contributed by atoms with E-state index in [2.05, 4.69) is 10.1 Å². The van der Waals surface area contributed by atoms with Gasteiger partial charge in [-0.1, -0.05) is 0 Å². The molecule has 0 aromatic carbocycles. The number of Topliss-reactive ketones (excluding diaryl/α,β-unsaturated/α-hetero) is 1. The molecule has 1 heterocycles. The highest BCUT2D eigenvalue weighted by Crippen LogP contribution is 2.01. The zero-order chi connectivity index (χ0) is 7.56. The van der Waals surface area contributed by atoms with Gasteiger partial charge in [-0.25, -0.2) is 4.79 Å². The van der Waals surface area contributed by atoms with Crippen molar-refractivity contribution in [2.45, 2.75) is 12.5 Å². The van der Waals surface area contributed by atoms with E-state index in [9.17, 15) is 9.59 Å². The molecule has 0 saturated carbocycles. The molecule has 1 aliphatic rings. The molecule has 0 bridgehead atoms. The lowest BCUT2D eigenvalue weighted by atomic mass is 10.2. The molecule has 56 valence electrons. The van der Waals surface area contributed by atoms with Crippen LogP contribution in [0.5, 0.6) is 0 Å². The molecule has 0 radical (unpaired) electrons. The molecule has 1 N–H and O–H groups in total. The Morgan fingerprint density at radius 1 is 1.80 bits per heavy atom. The van der Waals surface area contributed by atoms with Gasteiger partial charge in [-0.2, -0.15) is 0 Å². The summed E-state index contributed by atoms with van der Waals surface area (Å²) < 4.78 is 4.38. The molecule has 4 heteroatoms. The van der Waals surface area contributed by atoms with E-state index in [4.69, 9.17) is 0 Å². The van der Waals surface area contributed by atoms with Crippen LogP contribution in [0.15, 0.2) is 0 Å². The Morgan fingerprint density at radius 3 is 2.90 bits per heavy atom. The molecule has 4 nitrogen and oxygen atoms in total. The fourth-order valence-corrected chi connectivity index (χ4v) is 0.931. The fourth-order valence-electron chi connectivity index (χ4n) is 0.931. The zero-order valence-corrected chi connectivity index (χ0v) is 5.72. The Bertz CT molecular complexity index is 166. The highest BCUT2D eigenvalue weighted by molar-refractivity contribution is 6.04. The number of hydrogen-bond acceptors (Lipinski definition) is 4. The van der Waals surface area contributed by atoms with Gasteiger partial charge in [-0.15, -0.1) is 0 Å². The standard InChI is InChI=1S/C6H9NO3/c1-10-6(9)5-4(8)2-3-7-5/h5,7H,2-3H2,1H3. The van der Waals surface area contributed by atoms with Crippen molar-refractivity contribution in [3.8, 4) is 0 Å². The van der Waals surface area contributed by atoms with Crippen LogP contribution in [0.25, 0.3) is 0 Å². The van der Waals surface area contributed by atoms with Crippen molar-refractivity contribution in [1.82, 2.24) is 5.32 Å². The van der Waals surface area contributed by atoms with Crippen molar-refractivity contribution in [2.24, 2.45) is 0 Å². The summed E-state index contributed by atoms with van der Waals surface area (Å²) in [5.74, 6) is -0.561. The normalized spacial score (nSPS) is 24.9. The molecule has 10 heavy (non-hydrogen) atoms. The lowest BCUT2D eigenvalue weighted by Crippen LogP contribution is -2.36. The summed E-state index contributed by atoms with van der Waals surface area (Å²) in [7, 11) is 1.27. The number of hydrogen-bond donors (Lipinski definition) is 1. The lowest BCUT2D eigenvalue weighted by molar-refractivity contribution is -0.145. The van der Waals surface area contributed by atoms with Crippen molar-refractivity contribution in [1.29, 1.82) is 0 Å². The average Bonchev–Trinajstić information content (AvgIpc) is 2.34. The number of esters is 1. The van der Waals surface area contributed by atoms with Gasteiger partial charge in [0.1, 0.15) is 0 Å². The van der Waals surface area contributed by atoms with E-state index < -0.39 is 12.0 Å². The predicted molar refractivity (Wildman–Crippen MR) is 33.4 cm³/mol. The number of carbonyl (C=O) groups excluding carboxylic acids is 2. The van der Waals surface area contributed by atoms with Gasteiger partial charge < -0.3 is 4.74 Å². The SMILES string of the molecule is COC(=O)C1NCCC1=O. The Hall–Kier alpha value is -0.900. The molecule has 1 unspecified atom stereocenters. The number of ether oxygens (including phenoxy) is 1. The maximum absolute atomic E-state index is 10.8. The van der Waals surface area contributed by atoms with E-state index in [0.29, 0.717) is 13.0 Å². The molecule has 1 fully saturated rings. The number of nitrogens with one attached hydrogen (secondary N) is 1. The van der Waals surface area contributed by atoms with Crippen molar-refractivity contribution in [3.63, 3.8) is 0 Å². The van der Waals surface area contributed by atoms with Gasteiger partial charge in [0.05, 0.1) is 7.11 Å². The molecular weight excluding hydrogens is 134 g/mol. The fraction of sp³-hybridized carbons (Fsp3) is 0.667. The third kappa shape index (κ3) is 1.16. The quantitative estimate of drug-likeness (QED) is 0.381. The van der Waals surface area contributed by atoms with Crippen LogP contribution in [0, 0.1) is 0 Å². The van der Waals surface area contributed by atoms with Crippen LogP contribution < -0.4 is 5.32 Å². The predicted octanol–water partition coefficient (Wildman–Crippen LogP) is -0.910. The van der Waals surface area contributed by atoms with E-state index in [1.54, 1.807) is 0 Å². The molecule has 1 saturated heterocycles. The molecule has 0 amide bonds. The van der Waals surface area contributed by atoms with E-state index in [-0.39, 0.29) is 5.78 Å². The van der Waals surface area contributed by atoms with Crippen molar-refractivity contribution in [3.05, 3.63) is 0 Å². The first-order valence-corrected chi connectivity index (χ1v) is 3.09. The number of methoxy groups -OCH3 is 1. The number of carbonyl (C=O) groups is 2. The van der Waals surface area contributed by atoms with Crippen molar-refractivity contribution in [2.75, 3.05) is 13.7 Å². The molecule has 0 aromatic heterocycles. The third-order valence-electron chi connectivity index (χ3n) is 1.48. The summed E-state index contributed by atoms with van der Waals surface area (Å²) in [6.45, 7) is 0.582. The van der Waals surface area contributed by atoms with Crippen LogP contribution in [-0.4, -0.2) is 31.4 Å². The minimum atomic E-state index is -0.704. The van der Waals surface area contributed by atoms with Crippen LogP contribution in [-0.2, 0) is 14.3 Å². The molecule has 1 aliphatic heterocycles. The topological polar surface area (TPSA) is 55.4 Å². The highest BCUT2D eigenvalue weighted by atomic mass is 16.5. The van der Waals surface area contributed by atoms with Crippen molar-refractivity contribution < 1.29 is 14.3 Å². The smallest absolute Gasteiger partial charge is 0.330 e. The minimum absolute atomic E-state index is 0.0770.